The van der Waals surface area contributed by atoms with Crippen molar-refractivity contribution in [1.82, 2.24) is 20.1 Å². The van der Waals surface area contributed by atoms with Gasteiger partial charge in [0.05, 0.1) is 18.1 Å². The van der Waals surface area contributed by atoms with E-state index in [9.17, 15) is 9.18 Å². The number of benzene rings is 2. The largest absolute Gasteiger partial charge is 0.453 e. The molecular formula is C25H21FN4O2. The van der Waals surface area contributed by atoms with Crippen LogP contribution in [0.2, 0.25) is 0 Å². The smallest absolute Gasteiger partial charge is 0.244 e. The molecular weight excluding hydrogens is 407 g/mol. The highest BCUT2D eigenvalue weighted by molar-refractivity contribution is 5.91. The van der Waals surface area contributed by atoms with Crippen molar-refractivity contribution < 1.29 is 13.9 Å². The molecule has 2 aromatic carbocycles. The van der Waals surface area contributed by atoms with E-state index in [1.54, 1.807) is 41.4 Å². The average molecular weight is 428 g/mol. The molecule has 7 heteroatoms. The van der Waals surface area contributed by atoms with Gasteiger partial charge in [-0.25, -0.2) is 9.07 Å². The first-order valence-electron chi connectivity index (χ1n) is 10.1. The fourth-order valence-corrected chi connectivity index (χ4v) is 3.01. The molecule has 1 N–H and O–H groups in total. The Hall–Kier alpha value is -4.26. The summed E-state index contributed by atoms with van der Waals surface area (Å²) in [7, 11) is 0. The molecule has 32 heavy (non-hydrogen) atoms. The first-order chi connectivity index (χ1) is 15.7. The number of pyridine rings is 1. The fourth-order valence-electron chi connectivity index (χ4n) is 3.01. The molecule has 6 nitrogen and oxygen atoms in total. The van der Waals surface area contributed by atoms with Gasteiger partial charge in [-0.05, 0) is 60.0 Å². The molecule has 160 valence electrons. The van der Waals surface area contributed by atoms with Gasteiger partial charge in [-0.2, -0.15) is 5.10 Å². The number of hydrogen-bond acceptors (Lipinski definition) is 4. The number of carbonyl (C=O) groups excluding carboxylic acids is 1. The van der Waals surface area contributed by atoms with Gasteiger partial charge >= 0.3 is 0 Å². The van der Waals surface area contributed by atoms with Crippen LogP contribution in [0.5, 0.6) is 11.5 Å². The molecule has 2 aromatic heterocycles. The second-order valence-corrected chi connectivity index (χ2v) is 6.98. The third-order valence-electron chi connectivity index (χ3n) is 4.62. The van der Waals surface area contributed by atoms with Crippen LogP contribution in [0.1, 0.15) is 11.1 Å². The van der Waals surface area contributed by atoms with Crippen molar-refractivity contribution in [3.63, 3.8) is 0 Å². The third-order valence-corrected chi connectivity index (χ3v) is 4.62. The SMILES string of the molecule is O=C(/C=C/c1ccc(Oc2cccnc2)c(F)c1)NCCc1cnn(-c2ccccc2)c1. The van der Waals surface area contributed by atoms with E-state index in [2.05, 4.69) is 15.4 Å². The number of amides is 1. The van der Waals surface area contributed by atoms with Gasteiger partial charge in [0.25, 0.3) is 0 Å². The lowest BCUT2D eigenvalue weighted by molar-refractivity contribution is -0.116. The summed E-state index contributed by atoms with van der Waals surface area (Å²) in [5.41, 5.74) is 2.56. The van der Waals surface area contributed by atoms with Crippen LogP contribution >= 0.6 is 0 Å². The number of para-hydroxylation sites is 1. The summed E-state index contributed by atoms with van der Waals surface area (Å²) in [5.74, 6) is -0.234. The molecule has 0 unspecified atom stereocenters. The molecule has 2 heterocycles. The van der Waals surface area contributed by atoms with Crippen molar-refractivity contribution in [1.29, 1.82) is 0 Å². The summed E-state index contributed by atoms with van der Waals surface area (Å²) in [4.78, 5) is 16.0. The fraction of sp³-hybridized carbons (Fsp3) is 0.0800. The summed E-state index contributed by atoms with van der Waals surface area (Å²) < 4.78 is 21.6. The van der Waals surface area contributed by atoms with Gasteiger partial charge in [0.2, 0.25) is 5.91 Å². The molecule has 0 bridgehead atoms. The number of hydrogen-bond donors (Lipinski definition) is 1. The number of nitrogens with zero attached hydrogens (tertiary/aromatic N) is 3. The molecule has 0 aliphatic rings. The molecule has 0 aliphatic heterocycles. The van der Waals surface area contributed by atoms with E-state index in [4.69, 9.17) is 4.74 Å². The Kier molecular flexibility index (Phi) is 6.67. The highest BCUT2D eigenvalue weighted by atomic mass is 19.1. The monoisotopic (exact) mass is 428 g/mol. The summed E-state index contributed by atoms with van der Waals surface area (Å²) in [5, 5.41) is 7.16. The quantitative estimate of drug-likeness (QED) is 0.418. The van der Waals surface area contributed by atoms with Crippen LogP contribution in [0, 0.1) is 5.82 Å². The lowest BCUT2D eigenvalue weighted by Gasteiger charge is -2.06. The van der Waals surface area contributed by atoms with Gasteiger partial charge in [0.15, 0.2) is 11.6 Å². The number of carbonyl (C=O) groups is 1. The van der Waals surface area contributed by atoms with Crippen molar-refractivity contribution in [2.45, 2.75) is 6.42 Å². The number of nitrogens with one attached hydrogen (secondary N) is 1. The van der Waals surface area contributed by atoms with E-state index in [1.807, 2.05) is 36.5 Å². The molecule has 0 saturated heterocycles. The van der Waals surface area contributed by atoms with E-state index < -0.39 is 5.82 Å². The number of halogens is 1. The van der Waals surface area contributed by atoms with Crippen molar-refractivity contribution in [3.05, 3.63) is 108 Å². The Morgan fingerprint density at radius 1 is 1.09 bits per heavy atom. The van der Waals surface area contributed by atoms with Crippen molar-refractivity contribution in [2.24, 2.45) is 0 Å². The van der Waals surface area contributed by atoms with Crippen LogP contribution in [0.25, 0.3) is 11.8 Å². The molecule has 0 aliphatic carbocycles. The Labute approximate surface area is 185 Å². The van der Waals surface area contributed by atoms with Gasteiger partial charge in [0, 0.05) is 25.0 Å². The minimum absolute atomic E-state index is 0.0932. The zero-order valence-corrected chi connectivity index (χ0v) is 17.2. The molecule has 0 radical (unpaired) electrons. The standard InChI is InChI=1S/C25H21FN4O2/c26-23-15-19(8-10-24(23)32-22-7-4-13-27-17-22)9-11-25(31)28-14-12-20-16-29-30(18-20)21-5-2-1-3-6-21/h1-11,13,15-18H,12,14H2,(H,28,31)/b11-9+. The van der Waals surface area contributed by atoms with Gasteiger partial charge in [-0.1, -0.05) is 24.3 Å². The minimum atomic E-state index is -0.521. The first-order valence-corrected chi connectivity index (χ1v) is 10.1. The van der Waals surface area contributed by atoms with E-state index in [-0.39, 0.29) is 11.7 Å². The predicted molar refractivity (Wildman–Crippen MR) is 120 cm³/mol. The lowest BCUT2D eigenvalue weighted by atomic mass is 10.2. The van der Waals surface area contributed by atoms with Gasteiger partial charge in [-0.15, -0.1) is 0 Å². The van der Waals surface area contributed by atoms with Crippen LogP contribution in [0.15, 0.2) is 91.5 Å². The summed E-state index contributed by atoms with van der Waals surface area (Å²) in [6.07, 6.45) is 10.4. The van der Waals surface area contributed by atoms with Crippen LogP contribution in [-0.4, -0.2) is 27.2 Å². The van der Waals surface area contributed by atoms with E-state index in [0.29, 0.717) is 24.3 Å². The molecule has 1 amide bonds. The minimum Gasteiger partial charge on any atom is -0.453 e. The van der Waals surface area contributed by atoms with Gasteiger partial charge in [0.1, 0.15) is 5.75 Å². The summed E-state index contributed by atoms with van der Waals surface area (Å²) >= 11 is 0. The highest BCUT2D eigenvalue weighted by Gasteiger charge is 2.06. The summed E-state index contributed by atoms with van der Waals surface area (Å²) in [6, 6.07) is 17.7. The molecule has 4 aromatic rings. The highest BCUT2D eigenvalue weighted by Crippen LogP contribution is 2.24. The zero-order valence-electron chi connectivity index (χ0n) is 17.2. The molecule has 0 fully saturated rings. The van der Waals surface area contributed by atoms with Crippen LogP contribution in [0.4, 0.5) is 4.39 Å². The van der Waals surface area contributed by atoms with Crippen LogP contribution in [-0.2, 0) is 11.2 Å². The Morgan fingerprint density at radius 3 is 2.75 bits per heavy atom. The Morgan fingerprint density at radius 2 is 1.97 bits per heavy atom. The van der Waals surface area contributed by atoms with Gasteiger partial charge < -0.3 is 10.1 Å². The van der Waals surface area contributed by atoms with E-state index in [0.717, 1.165) is 11.3 Å². The maximum atomic E-state index is 14.3. The van der Waals surface area contributed by atoms with Crippen LogP contribution < -0.4 is 10.1 Å². The number of rotatable bonds is 8. The van der Waals surface area contributed by atoms with Gasteiger partial charge in [-0.3, -0.25) is 9.78 Å². The van der Waals surface area contributed by atoms with Crippen LogP contribution in [0.3, 0.4) is 0 Å². The summed E-state index contributed by atoms with van der Waals surface area (Å²) in [6.45, 7) is 0.468. The molecule has 4 rings (SSSR count). The average Bonchev–Trinajstić information content (AvgIpc) is 3.30. The van der Waals surface area contributed by atoms with E-state index >= 15 is 0 Å². The maximum absolute atomic E-state index is 14.3. The Bertz CT molecular complexity index is 1210. The first kappa shape index (κ1) is 21.0. The third kappa shape index (κ3) is 5.66. The molecule has 0 spiro atoms. The second kappa shape index (κ2) is 10.2. The Balaban J connectivity index is 1.26. The van der Waals surface area contributed by atoms with Crippen molar-refractivity contribution in [3.8, 4) is 17.2 Å². The normalized spacial score (nSPS) is 10.9. The lowest BCUT2D eigenvalue weighted by Crippen LogP contribution is -2.23. The second-order valence-electron chi connectivity index (χ2n) is 6.98. The van der Waals surface area contributed by atoms with E-state index in [1.165, 1.54) is 24.4 Å². The van der Waals surface area contributed by atoms with Crippen molar-refractivity contribution >= 4 is 12.0 Å². The molecule has 0 atom stereocenters. The van der Waals surface area contributed by atoms with Crippen molar-refractivity contribution in [2.75, 3.05) is 6.54 Å². The maximum Gasteiger partial charge on any atom is 0.244 e. The predicted octanol–water partition coefficient (Wildman–Crippen LogP) is 4.57. The molecule has 0 saturated carbocycles. The topological polar surface area (TPSA) is 69.0 Å². The zero-order chi connectivity index (χ0) is 22.2. The number of ether oxygens (including phenoxy) is 1. The number of aromatic nitrogens is 3.